The summed E-state index contributed by atoms with van der Waals surface area (Å²) in [7, 11) is 0. The molecule has 3 aromatic heterocycles. The highest BCUT2D eigenvalue weighted by molar-refractivity contribution is 7.98. The molecule has 1 aromatic carbocycles. The Balaban J connectivity index is 1.70. The van der Waals surface area contributed by atoms with Gasteiger partial charge in [0.1, 0.15) is 12.1 Å². The van der Waals surface area contributed by atoms with Crippen molar-refractivity contribution >= 4 is 28.6 Å². The number of hydrogen-bond acceptors (Lipinski definition) is 7. The summed E-state index contributed by atoms with van der Waals surface area (Å²) in [5, 5.41) is 1.51. The molecule has 138 valence electrons. The highest BCUT2D eigenvalue weighted by Crippen LogP contribution is 2.27. The number of ether oxygens (including phenoxy) is 1. The summed E-state index contributed by atoms with van der Waals surface area (Å²) in [6, 6.07) is 14.5. The number of carbonyl (C=O) groups is 1. The predicted octanol–water partition coefficient (Wildman–Crippen LogP) is 4.17. The van der Waals surface area contributed by atoms with E-state index in [1.54, 1.807) is 42.9 Å². The molecule has 0 saturated carbocycles. The van der Waals surface area contributed by atoms with Gasteiger partial charge in [0.15, 0.2) is 5.16 Å². The maximum atomic E-state index is 12.2. The molecule has 3 heterocycles. The standard InChI is InChI=1S/C21H16N4O2S/c1-28-21-23-12-16-11-17(13-27-20(26)15-5-3-2-4-6-15)24-18(19(16)25-21)14-7-9-22-10-8-14/h2-12H,13H2,1H3. The Kier molecular flexibility index (Phi) is 5.25. The van der Waals surface area contributed by atoms with E-state index in [2.05, 4.69) is 15.0 Å². The second-order valence-corrected chi connectivity index (χ2v) is 6.71. The number of benzene rings is 1. The minimum absolute atomic E-state index is 0.0615. The number of esters is 1. The molecule has 4 aromatic rings. The van der Waals surface area contributed by atoms with Crippen LogP contribution in [0.2, 0.25) is 0 Å². The molecular formula is C21H16N4O2S. The second-order valence-electron chi connectivity index (χ2n) is 5.93. The highest BCUT2D eigenvalue weighted by atomic mass is 32.2. The molecule has 0 aliphatic heterocycles. The lowest BCUT2D eigenvalue weighted by atomic mass is 10.1. The number of fused-ring (bicyclic) bond motifs is 1. The van der Waals surface area contributed by atoms with Crippen molar-refractivity contribution in [2.24, 2.45) is 0 Å². The maximum Gasteiger partial charge on any atom is 0.338 e. The molecule has 0 radical (unpaired) electrons. The first kappa shape index (κ1) is 18.1. The molecule has 0 N–H and O–H groups in total. The van der Waals surface area contributed by atoms with Crippen LogP contribution in [0.25, 0.3) is 22.2 Å². The Hall–Kier alpha value is -3.32. The molecule has 0 atom stereocenters. The van der Waals surface area contributed by atoms with Crippen LogP contribution in [0, 0.1) is 0 Å². The first-order valence-corrected chi connectivity index (χ1v) is 9.80. The molecule has 0 aliphatic rings. The molecule has 0 aliphatic carbocycles. The third-order valence-electron chi connectivity index (χ3n) is 4.09. The third-order valence-corrected chi connectivity index (χ3v) is 4.66. The van der Waals surface area contributed by atoms with Gasteiger partial charge in [0.05, 0.1) is 17.0 Å². The van der Waals surface area contributed by atoms with Crippen molar-refractivity contribution in [3.05, 3.63) is 78.4 Å². The van der Waals surface area contributed by atoms with Gasteiger partial charge in [-0.1, -0.05) is 30.0 Å². The Labute approximate surface area is 166 Å². The van der Waals surface area contributed by atoms with Gasteiger partial charge in [-0.3, -0.25) is 4.98 Å². The van der Waals surface area contributed by atoms with E-state index in [0.29, 0.717) is 22.1 Å². The van der Waals surface area contributed by atoms with Crippen LogP contribution in [0.4, 0.5) is 0 Å². The molecule has 28 heavy (non-hydrogen) atoms. The summed E-state index contributed by atoms with van der Waals surface area (Å²) in [5.74, 6) is -0.387. The Morgan fingerprint density at radius 2 is 1.86 bits per heavy atom. The number of nitrogens with zero attached hydrogens (tertiary/aromatic N) is 4. The zero-order chi connectivity index (χ0) is 19.3. The highest BCUT2D eigenvalue weighted by Gasteiger charge is 2.13. The third kappa shape index (κ3) is 3.84. The number of carbonyl (C=O) groups excluding carboxylic acids is 1. The molecular weight excluding hydrogens is 372 g/mol. The Morgan fingerprint density at radius 3 is 2.61 bits per heavy atom. The van der Waals surface area contributed by atoms with Crippen molar-refractivity contribution in [1.29, 1.82) is 0 Å². The summed E-state index contributed by atoms with van der Waals surface area (Å²) < 4.78 is 5.44. The van der Waals surface area contributed by atoms with Gasteiger partial charge in [-0.25, -0.2) is 19.7 Å². The number of rotatable bonds is 5. The van der Waals surface area contributed by atoms with E-state index >= 15 is 0 Å². The summed E-state index contributed by atoms with van der Waals surface area (Å²) in [5.41, 5.74) is 3.49. The molecule has 0 fully saturated rings. The van der Waals surface area contributed by atoms with Crippen molar-refractivity contribution < 1.29 is 9.53 Å². The van der Waals surface area contributed by atoms with Crippen molar-refractivity contribution in [1.82, 2.24) is 19.9 Å². The van der Waals surface area contributed by atoms with Crippen molar-refractivity contribution in [3.63, 3.8) is 0 Å². The number of pyridine rings is 2. The molecule has 7 heteroatoms. The van der Waals surface area contributed by atoms with Gasteiger partial charge >= 0.3 is 5.97 Å². The van der Waals surface area contributed by atoms with E-state index in [9.17, 15) is 4.79 Å². The zero-order valence-corrected chi connectivity index (χ0v) is 15.9. The molecule has 0 saturated heterocycles. The molecule has 0 unspecified atom stereocenters. The van der Waals surface area contributed by atoms with Gasteiger partial charge < -0.3 is 4.74 Å². The van der Waals surface area contributed by atoms with E-state index in [0.717, 1.165) is 16.5 Å². The lowest BCUT2D eigenvalue weighted by molar-refractivity contribution is 0.0468. The van der Waals surface area contributed by atoms with E-state index in [-0.39, 0.29) is 12.6 Å². The lowest BCUT2D eigenvalue weighted by Gasteiger charge is -2.10. The Bertz CT molecular complexity index is 1120. The maximum absolute atomic E-state index is 12.2. The van der Waals surface area contributed by atoms with Crippen LogP contribution in [0.15, 0.2) is 72.3 Å². The summed E-state index contributed by atoms with van der Waals surface area (Å²) in [6.07, 6.45) is 7.12. The minimum atomic E-state index is -0.387. The smallest absolute Gasteiger partial charge is 0.338 e. The van der Waals surface area contributed by atoms with Gasteiger partial charge in [-0.15, -0.1) is 0 Å². The summed E-state index contributed by atoms with van der Waals surface area (Å²) in [4.78, 5) is 30.0. The van der Waals surface area contributed by atoms with E-state index < -0.39 is 0 Å². The van der Waals surface area contributed by atoms with Gasteiger partial charge in [-0.05, 0) is 36.6 Å². The van der Waals surface area contributed by atoms with E-state index in [4.69, 9.17) is 9.72 Å². The average molecular weight is 388 g/mol. The van der Waals surface area contributed by atoms with Gasteiger partial charge in [-0.2, -0.15) is 0 Å². The van der Waals surface area contributed by atoms with Gasteiger partial charge in [0.25, 0.3) is 0 Å². The summed E-state index contributed by atoms with van der Waals surface area (Å²) in [6.45, 7) is 0.0615. The molecule has 0 bridgehead atoms. The molecule has 6 nitrogen and oxygen atoms in total. The number of thioether (sulfide) groups is 1. The monoisotopic (exact) mass is 388 g/mol. The fourth-order valence-corrected chi connectivity index (χ4v) is 3.10. The largest absolute Gasteiger partial charge is 0.456 e. The topological polar surface area (TPSA) is 77.9 Å². The quantitative estimate of drug-likeness (QED) is 0.288. The molecule has 4 rings (SSSR count). The first-order valence-electron chi connectivity index (χ1n) is 8.58. The van der Waals surface area contributed by atoms with Crippen LogP contribution in [-0.4, -0.2) is 32.2 Å². The number of hydrogen-bond donors (Lipinski definition) is 0. The zero-order valence-electron chi connectivity index (χ0n) is 15.1. The van der Waals surface area contributed by atoms with Crippen LogP contribution in [0.3, 0.4) is 0 Å². The van der Waals surface area contributed by atoms with Crippen molar-refractivity contribution in [2.75, 3.05) is 6.26 Å². The van der Waals surface area contributed by atoms with E-state index in [1.165, 1.54) is 11.8 Å². The Morgan fingerprint density at radius 1 is 1.07 bits per heavy atom. The normalized spacial score (nSPS) is 10.8. The van der Waals surface area contributed by atoms with E-state index in [1.807, 2.05) is 30.5 Å². The minimum Gasteiger partial charge on any atom is -0.456 e. The fraction of sp³-hybridized carbons (Fsp3) is 0.0952. The average Bonchev–Trinajstić information content (AvgIpc) is 2.77. The molecule has 0 spiro atoms. The SMILES string of the molecule is CSc1ncc2cc(COC(=O)c3ccccc3)nc(-c3ccncc3)c2n1. The number of aromatic nitrogens is 4. The van der Waals surface area contributed by atoms with Crippen LogP contribution in [-0.2, 0) is 11.3 Å². The predicted molar refractivity (Wildman–Crippen MR) is 108 cm³/mol. The van der Waals surface area contributed by atoms with Crippen molar-refractivity contribution in [2.45, 2.75) is 11.8 Å². The van der Waals surface area contributed by atoms with Crippen LogP contribution >= 0.6 is 11.8 Å². The fourth-order valence-electron chi connectivity index (χ4n) is 2.76. The van der Waals surface area contributed by atoms with Gasteiger partial charge in [0.2, 0.25) is 0 Å². The second kappa shape index (κ2) is 8.14. The lowest BCUT2D eigenvalue weighted by Crippen LogP contribution is -2.07. The van der Waals surface area contributed by atoms with Crippen molar-refractivity contribution in [3.8, 4) is 11.3 Å². The van der Waals surface area contributed by atoms with Crippen LogP contribution < -0.4 is 0 Å². The molecule has 0 amide bonds. The van der Waals surface area contributed by atoms with Crippen LogP contribution in [0.5, 0.6) is 0 Å². The van der Waals surface area contributed by atoms with Crippen LogP contribution in [0.1, 0.15) is 16.1 Å². The first-order chi connectivity index (χ1) is 13.7. The summed E-state index contributed by atoms with van der Waals surface area (Å²) >= 11 is 1.47. The van der Waals surface area contributed by atoms with Gasteiger partial charge in [0, 0.05) is 29.5 Å².